The van der Waals surface area contributed by atoms with E-state index in [0.29, 0.717) is 0 Å². The van der Waals surface area contributed by atoms with Crippen LogP contribution >= 0.6 is 0 Å². The first-order valence-corrected chi connectivity index (χ1v) is 9.42. The number of rotatable bonds is 3. The first kappa shape index (κ1) is 16.8. The van der Waals surface area contributed by atoms with Gasteiger partial charge in [-0.3, -0.25) is 15.1 Å². The number of H-pyrrole nitrogens is 1. The molecule has 1 unspecified atom stereocenters. The lowest BCUT2D eigenvalue weighted by Gasteiger charge is -2.19. The van der Waals surface area contributed by atoms with E-state index in [0.717, 1.165) is 64.4 Å². The van der Waals surface area contributed by atoms with Crippen molar-refractivity contribution in [2.45, 2.75) is 19.4 Å². The summed E-state index contributed by atoms with van der Waals surface area (Å²) in [5, 5.41) is 8.60. The Morgan fingerprint density at radius 1 is 1.18 bits per heavy atom. The minimum atomic E-state index is 0.212. The Labute approximate surface area is 162 Å². The average Bonchev–Trinajstić information content (AvgIpc) is 3.35. The molecule has 0 aromatic carbocycles. The highest BCUT2D eigenvalue weighted by molar-refractivity contribution is 5.93. The van der Waals surface area contributed by atoms with Crippen molar-refractivity contribution in [3.8, 4) is 22.6 Å². The molecule has 0 aliphatic carbocycles. The van der Waals surface area contributed by atoms with Crippen LogP contribution in [0.3, 0.4) is 0 Å². The third-order valence-corrected chi connectivity index (χ3v) is 5.24. The lowest BCUT2D eigenvalue weighted by atomic mass is 10.1. The van der Waals surface area contributed by atoms with Crippen LogP contribution in [0.25, 0.3) is 33.5 Å². The maximum atomic E-state index is 6.09. The third kappa shape index (κ3) is 2.90. The van der Waals surface area contributed by atoms with Crippen molar-refractivity contribution in [2.75, 3.05) is 18.0 Å². The van der Waals surface area contributed by atoms with Gasteiger partial charge >= 0.3 is 0 Å². The predicted octanol–water partition coefficient (Wildman–Crippen LogP) is 2.93. The Morgan fingerprint density at radius 2 is 2.11 bits per heavy atom. The van der Waals surface area contributed by atoms with Crippen molar-refractivity contribution in [3.63, 3.8) is 0 Å². The van der Waals surface area contributed by atoms with Crippen LogP contribution in [-0.2, 0) is 0 Å². The molecular formula is C21H21N7. The second-order valence-corrected chi connectivity index (χ2v) is 7.26. The molecule has 0 amide bonds. The van der Waals surface area contributed by atoms with E-state index in [1.807, 2.05) is 36.7 Å². The summed E-state index contributed by atoms with van der Waals surface area (Å²) in [5.41, 5.74) is 11.6. The van der Waals surface area contributed by atoms with Crippen molar-refractivity contribution >= 4 is 16.7 Å². The second kappa shape index (κ2) is 6.69. The molecule has 1 aliphatic heterocycles. The van der Waals surface area contributed by atoms with Gasteiger partial charge in [0, 0.05) is 42.5 Å². The molecule has 0 bridgehead atoms. The normalized spacial score (nSPS) is 16.8. The molecule has 1 aliphatic rings. The fourth-order valence-electron chi connectivity index (χ4n) is 3.73. The molecule has 5 heterocycles. The molecule has 1 atom stereocenters. The molecule has 0 radical (unpaired) electrons. The number of hydrogen-bond donors (Lipinski definition) is 2. The molecule has 140 valence electrons. The van der Waals surface area contributed by atoms with Crippen LogP contribution in [0.15, 0.2) is 48.9 Å². The summed E-state index contributed by atoms with van der Waals surface area (Å²) in [6.45, 7) is 3.87. The monoisotopic (exact) mass is 371 g/mol. The highest BCUT2D eigenvalue weighted by Crippen LogP contribution is 2.30. The number of nitrogens with zero attached hydrogens (tertiary/aromatic N) is 5. The van der Waals surface area contributed by atoms with Gasteiger partial charge < -0.3 is 10.6 Å². The zero-order valence-corrected chi connectivity index (χ0v) is 15.6. The van der Waals surface area contributed by atoms with E-state index in [4.69, 9.17) is 10.7 Å². The fraction of sp³-hybridized carbons (Fsp3) is 0.238. The molecule has 0 saturated carbocycles. The van der Waals surface area contributed by atoms with Crippen LogP contribution in [-0.4, -0.2) is 44.3 Å². The van der Waals surface area contributed by atoms with Gasteiger partial charge in [0.25, 0.3) is 0 Å². The number of fused-ring (bicyclic) bond motifs is 1. The van der Waals surface area contributed by atoms with Crippen molar-refractivity contribution < 1.29 is 0 Å². The van der Waals surface area contributed by atoms with Gasteiger partial charge in [-0.25, -0.2) is 4.98 Å². The quantitative estimate of drug-likeness (QED) is 0.575. The second-order valence-electron chi connectivity index (χ2n) is 7.26. The molecule has 7 nitrogen and oxygen atoms in total. The lowest BCUT2D eigenvalue weighted by Crippen LogP contribution is -2.27. The van der Waals surface area contributed by atoms with Gasteiger partial charge in [0.2, 0.25) is 0 Å². The number of aromatic nitrogens is 5. The summed E-state index contributed by atoms with van der Waals surface area (Å²) in [6, 6.07) is 10.3. The maximum Gasteiger partial charge on any atom is 0.132 e. The van der Waals surface area contributed by atoms with E-state index in [-0.39, 0.29) is 6.04 Å². The molecule has 4 aromatic rings. The number of pyridine rings is 3. The number of anilines is 1. The van der Waals surface area contributed by atoms with Gasteiger partial charge in [0.1, 0.15) is 11.5 Å². The first-order valence-electron chi connectivity index (χ1n) is 9.42. The summed E-state index contributed by atoms with van der Waals surface area (Å²) in [7, 11) is 0. The van der Waals surface area contributed by atoms with Gasteiger partial charge in [-0.2, -0.15) is 5.10 Å². The van der Waals surface area contributed by atoms with Gasteiger partial charge in [-0.1, -0.05) is 6.07 Å². The number of nitrogens with one attached hydrogen (secondary N) is 1. The number of hydrogen-bond acceptors (Lipinski definition) is 6. The standard InChI is InChI=1S/C21H21N7/c1-13-4-5-17(25-21(13)28-8-6-15(22)12-28)20-16-9-18(14-3-2-7-23-10-14)24-11-19(16)26-27-20/h2-5,7,9-11,15H,6,8,12,22H2,1H3,(H,26,27). The minimum absolute atomic E-state index is 0.212. The SMILES string of the molecule is Cc1ccc(-c2n[nH]c3cnc(-c4cccnc4)cc23)nc1N1CCC(N)C1. The smallest absolute Gasteiger partial charge is 0.132 e. The zero-order valence-electron chi connectivity index (χ0n) is 15.6. The summed E-state index contributed by atoms with van der Waals surface area (Å²) < 4.78 is 0. The summed E-state index contributed by atoms with van der Waals surface area (Å²) in [5.74, 6) is 0.989. The molecule has 4 aromatic heterocycles. The fourth-order valence-corrected chi connectivity index (χ4v) is 3.73. The Morgan fingerprint density at radius 3 is 2.89 bits per heavy atom. The van der Waals surface area contributed by atoms with E-state index in [2.05, 4.69) is 38.1 Å². The van der Waals surface area contributed by atoms with Crippen molar-refractivity contribution in [1.29, 1.82) is 0 Å². The van der Waals surface area contributed by atoms with Crippen LogP contribution in [0.2, 0.25) is 0 Å². The van der Waals surface area contributed by atoms with Crippen LogP contribution < -0.4 is 10.6 Å². The molecule has 1 saturated heterocycles. The van der Waals surface area contributed by atoms with E-state index in [1.54, 1.807) is 6.20 Å². The minimum Gasteiger partial charge on any atom is -0.355 e. The van der Waals surface area contributed by atoms with Gasteiger partial charge in [0.15, 0.2) is 0 Å². The number of aromatic amines is 1. The first-order chi connectivity index (χ1) is 13.7. The van der Waals surface area contributed by atoms with Crippen LogP contribution in [0.5, 0.6) is 0 Å². The lowest BCUT2D eigenvalue weighted by molar-refractivity contribution is 0.751. The topological polar surface area (TPSA) is 96.6 Å². The zero-order chi connectivity index (χ0) is 19.1. The van der Waals surface area contributed by atoms with E-state index < -0.39 is 0 Å². The average molecular weight is 371 g/mol. The predicted molar refractivity (Wildman–Crippen MR) is 110 cm³/mol. The van der Waals surface area contributed by atoms with E-state index in [1.165, 1.54) is 0 Å². The van der Waals surface area contributed by atoms with Gasteiger partial charge in [-0.15, -0.1) is 0 Å². The molecule has 1 fully saturated rings. The van der Waals surface area contributed by atoms with Crippen molar-refractivity contribution in [3.05, 3.63) is 54.5 Å². The van der Waals surface area contributed by atoms with E-state index in [9.17, 15) is 0 Å². The highest BCUT2D eigenvalue weighted by Gasteiger charge is 2.22. The molecule has 5 rings (SSSR count). The highest BCUT2D eigenvalue weighted by atomic mass is 15.2. The summed E-state index contributed by atoms with van der Waals surface area (Å²) in [6.07, 6.45) is 6.37. The van der Waals surface area contributed by atoms with E-state index >= 15 is 0 Å². The summed E-state index contributed by atoms with van der Waals surface area (Å²) in [4.78, 5) is 15.9. The Balaban J connectivity index is 1.59. The molecule has 28 heavy (non-hydrogen) atoms. The maximum absolute atomic E-state index is 6.09. The van der Waals surface area contributed by atoms with Crippen LogP contribution in [0.1, 0.15) is 12.0 Å². The molecule has 3 N–H and O–H groups in total. The van der Waals surface area contributed by atoms with Crippen molar-refractivity contribution in [1.82, 2.24) is 25.1 Å². The Hall–Kier alpha value is -3.32. The number of aryl methyl sites for hydroxylation is 1. The molecular weight excluding hydrogens is 350 g/mol. The van der Waals surface area contributed by atoms with Crippen molar-refractivity contribution in [2.24, 2.45) is 5.73 Å². The van der Waals surface area contributed by atoms with Gasteiger partial charge in [-0.05, 0) is 43.2 Å². The largest absolute Gasteiger partial charge is 0.355 e. The van der Waals surface area contributed by atoms with Gasteiger partial charge in [0.05, 0.1) is 23.1 Å². The Kier molecular flexibility index (Phi) is 4.02. The Bertz CT molecular complexity index is 1140. The van der Waals surface area contributed by atoms with Crippen LogP contribution in [0, 0.1) is 6.92 Å². The summed E-state index contributed by atoms with van der Waals surface area (Å²) >= 11 is 0. The van der Waals surface area contributed by atoms with Crippen LogP contribution in [0.4, 0.5) is 5.82 Å². The molecule has 0 spiro atoms. The molecule has 7 heteroatoms. The third-order valence-electron chi connectivity index (χ3n) is 5.24. The number of nitrogens with two attached hydrogens (primary N) is 1.